The van der Waals surface area contributed by atoms with E-state index in [1.165, 1.54) is 44.1 Å². The van der Waals surface area contributed by atoms with E-state index in [1.807, 2.05) is 28.9 Å². The summed E-state index contributed by atoms with van der Waals surface area (Å²) < 4.78 is 5.81. The molecule has 0 aromatic heterocycles. The number of aryl methyl sites for hydroxylation is 2. The molecule has 5 heteroatoms. The van der Waals surface area contributed by atoms with E-state index in [2.05, 4.69) is 13.0 Å². The Kier molecular flexibility index (Phi) is 5.94. The number of rotatable bonds is 5. The summed E-state index contributed by atoms with van der Waals surface area (Å²) in [5, 5.41) is 0. The molecule has 4 bridgehead atoms. The molecular formula is C27H38N2O3. The van der Waals surface area contributed by atoms with E-state index in [0.29, 0.717) is 25.5 Å². The number of hydrogen-bond acceptors (Lipinski definition) is 3. The number of carbonyl (C=O) groups is 2. The normalized spacial score (nSPS) is 31.5. The lowest BCUT2D eigenvalue weighted by atomic mass is 9.49. The van der Waals surface area contributed by atoms with Gasteiger partial charge in [-0.3, -0.25) is 9.59 Å². The molecule has 174 valence electrons. The van der Waals surface area contributed by atoms with Crippen LogP contribution in [-0.2, 0) is 9.59 Å². The molecule has 4 aliphatic carbocycles. The largest absolute Gasteiger partial charge is 0.484 e. The molecule has 1 heterocycles. The topological polar surface area (TPSA) is 49.9 Å². The van der Waals surface area contributed by atoms with Crippen molar-refractivity contribution in [2.45, 2.75) is 65.2 Å². The zero-order chi connectivity index (χ0) is 22.3. The monoisotopic (exact) mass is 438 g/mol. The maximum atomic E-state index is 13.3. The van der Waals surface area contributed by atoms with Gasteiger partial charge in [0.2, 0.25) is 5.91 Å². The lowest BCUT2D eigenvalue weighted by molar-refractivity contribution is -0.140. The fourth-order valence-corrected chi connectivity index (χ4v) is 7.55. The third kappa shape index (κ3) is 4.53. The second-order valence-corrected chi connectivity index (χ2v) is 11.3. The van der Waals surface area contributed by atoms with Crippen molar-refractivity contribution in [3.63, 3.8) is 0 Å². The SMILES string of the molecule is Cc1ccc(OCC(=O)N2CCCN(C(=O)CC34CC5CC(CC(C5)C3)C4)CC2)c(C)c1. The molecule has 4 saturated carbocycles. The Hall–Kier alpha value is -2.04. The maximum Gasteiger partial charge on any atom is 0.260 e. The Morgan fingerprint density at radius 2 is 1.50 bits per heavy atom. The fraction of sp³-hybridized carbons (Fsp3) is 0.704. The van der Waals surface area contributed by atoms with Crippen molar-refractivity contribution in [2.24, 2.45) is 23.2 Å². The first-order valence-corrected chi connectivity index (χ1v) is 12.6. The summed E-state index contributed by atoms with van der Waals surface area (Å²) in [5.74, 6) is 3.75. The number of hydrogen-bond donors (Lipinski definition) is 0. The van der Waals surface area contributed by atoms with Gasteiger partial charge in [-0.25, -0.2) is 0 Å². The van der Waals surface area contributed by atoms with Crippen molar-refractivity contribution < 1.29 is 14.3 Å². The van der Waals surface area contributed by atoms with Crippen LogP contribution in [0.25, 0.3) is 0 Å². The standard InChI is InChI=1S/C27H38N2O3/c1-19-4-5-24(20(2)10-19)32-18-26(31)29-7-3-6-28(8-9-29)25(30)17-27-14-21-11-22(15-27)13-23(12-21)16-27/h4-5,10,21-23H,3,6-9,11-18H2,1-2H3. The average molecular weight is 439 g/mol. The third-order valence-electron chi connectivity index (χ3n) is 8.57. The molecule has 5 fully saturated rings. The maximum absolute atomic E-state index is 13.3. The van der Waals surface area contributed by atoms with Gasteiger partial charge in [-0.2, -0.15) is 0 Å². The zero-order valence-corrected chi connectivity index (χ0v) is 19.8. The van der Waals surface area contributed by atoms with Crippen LogP contribution in [0.3, 0.4) is 0 Å². The van der Waals surface area contributed by atoms with Crippen LogP contribution in [0, 0.1) is 37.0 Å². The van der Waals surface area contributed by atoms with Crippen molar-refractivity contribution in [1.82, 2.24) is 9.80 Å². The number of ether oxygens (including phenoxy) is 1. The predicted octanol–water partition coefficient (Wildman–Crippen LogP) is 4.35. The molecule has 5 aliphatic rings. The fourth-order valence-electron chi connectivity index (χ4n) is 7.55. The molecule has 6 rings (SSSR count). The quantitative estimate of drug-likeness (QED) is 0.687. The summed E-state index contributed by atoms with van der Waals surface area (Å²) >= 11 is 0. The van der Waals surface area contributed by atoms with Crippen LogP contribution in [0.1, 0.15) is 62.5 Å². The molecule has 5 nitrogen and oxygen atoms in total. The number of carbonyl (C=O) groups excluding carboxylic acids is 2. The van der Waals surface area contributed by atoms with Gasteiger partial charge in [0, 0.05) is 32.6 Å². The molecule has 1 aromatic rings. The summed E-state index contributed by atoms with van der Waals surface area (Å²) in [6, 6.07) is 6.01. The number of nitrogens with zero attached hydrogens (tertiary/aromatic N) is 2. The average Bonchev–Trinajstić information content (AvgIpc) is 2.98. The molecule has 1 aliphatic heterocycles. The predicted molar refractivity (Wildman–Crippen MR) is 124 cm³/mol. The van der Waals surface area contributed by atoms with Gasteiger partial charge in [0.15, 0.2) is 6.61 Å². The van der Waals surface area contributed by atoms with E-state index in [0.717, 1.165) is 48.5 Å². The van der Waals surface area contributed by atoms with Crippen LogP contribution >= 0.6 is 0 Å². The van der Waals surface area contributed by atoms with E-state index in [1.54, 1.807) is 0 Å². The molecular weight excluding hydrogens is 400 g/mol. The Balaban J connectivity index is 1.13. The van der Waals surface area contributed by atoms with Crippen molar-refractivity contribution >= 4 is 11.8 Å². The lowest BCUT2D eigenvalue weighted by Crippen LogP contribution is -2.48. The van der Waals surface area contributed by atoms with Crippen molar-refractivity contribution in [2.75, 3.05) is 32.8 Å². The molecule has 0 N–H and O–H groups in total. The van der Waals surface area contributed by atoms with Crippen LogP contribution in [0.15, 0.2) is 18.2 Å². The summed E-state index contributed by atoms with van der Waals surface area (Å²) in [6.45, 7) is 6.86. The summed E-state index contributed by atoms with van der Waals surface area (Å²) in [5.41, 5.74) is 2.52. The van der Waals surface area contributed by atoms with Gasteiger partial charge in [-0.15, -0.1) is 0 Å². The minimum atomic E-state index is 0.0142. The second-order valence-electron chi connectivity index (χ2n) is 11.3. The third-order valence-corrected chi connectivity index (χ3v) is 8.57. The Bertz CT molecular complexity index is 844. The highest BCUT2D eigenvalue weighted by atomic mass is 16.5. The molecule has 32 heavy (non-hydrogen) atoms. The van der Waals surface area contributed by atoms with E-state index in [9.17, 15) is 9.59 Å². The first-order valence-electron chi connectivity index (χ1n) is 12.6. The molecule has 0 radical (unpaired) electrons. The Morgan fingerprint density at radius 3 is 2.09 bits per heavy atom. The van der Waals surface area contributed by atoms with Crippen LogP contribution < -0.4 is 4.74 Å². The Labute approximate surface area is 192 Å². The van der Waals surface area contributed by atoms with Crippen LogP contribution in [0.4, 0.5) is 0 Å². The molecule has 0 spiro atoms. The van der Waals surface area contributed by atoms with Crippen molar-refractivity contribution in [3.8, 4) is 5.75 Å². The highest BCUT2D eigenvalue weighted by Gasteiger charge is 2.51. The van der Waals surface area contributed by atoms with E-state index < -0.39 is 0 Å². The van der Waals surface area contributed by atoms with E-state index in [4.69, 9.17) is 4.74 Å². The molecule has 1 saturated heterocycles. The number of benzene rings is 1. The minimum Gasteiger partial charge on any atom is -0.484 e. The van der Waals surface area contributed by atoms with E-state index in [-0.39, 0.29) is 17.9 Å². The van der Waals surface area contributed by atoms with Gasteiger partial charge in [0.25, 0.3) is 5.91 Å². The zero-order valence-electron chi connectivity index (χ0n) is 19.8. The molecule has 2 amide bonds. The van der Waals surface area contributed by atoms with Gasteiger partial charge in [-0.05, 0) is 93.6 Å². The van der Waals surface area contributed by atoms with E-state index >= 15 is 0 Å². The van der Waals surface area contributed by atoms with Gasteiger partial charge >= 0.3 is 0 Å². The first kappa shape index (κ1) is 21.8. The Morgan fingerprint density at radius 1 is 0.906 bits per heavy atom. The van der Waals surface area contributed by atoms with Gasteiger partial charge in [0.1, 0.15) is 5.75 Å². The molecule has 0 atom stereocenters. The number of amides is 2. The van der Waals surface area contributed by atoms with Crippen LogP contribution in [0.2, 0.25) is 0 Å². The first-order chi connectivity index (χ1) is 15.4. The van der Waals surface area contributed by atoms with Crippen molar-refractivity contribution in [1.29, 1.82) is 0 Å². The summed E-state index contributed by atoms with van der Waals surface area (Å²) in [4.78, 5) is 30.0. The van der Waals surface area contributed by atoms with Crippen molar-refractivity contribution in [3.05, 3.63) is 29.3 Å². The highest BCUT2D eigenvalue weighted by molar-refractivity contribution is 5.79. The summed E-state index contributed by atoms with van der Waals surface area (Å²) in [6.07, 6.45) is 9.66. The lowest BCUT2D eigenvalue weighted by Gasteiger charge is -2.57. The smallest absolute Gasteiger partial charge is 0.260 e. The second kappa shape index (κ2) is 8.72. The summed E-state index contributed by atoms with van der Waals surface area (Å²) in [7, 11) is 0. The van der Waals surface area contributed by atoms with Gasteiger partial charge in [-0.1, -0.05) is 17.7 Å². The van der Waals surface area contributed by atoms with Gasteiger partial charge in [0.05, 0.1) is 0 Å². The van der Waals surface area contributed by atoms with Crippen LogP contribution in [0.5, 0.6) is 5.75 Å². The highest BCUT2D eigenvalue weighted by Crippen LogP contribution is 2.61. The minimum absolute atomic E-state index is 0.0142. The van der Waals surface area contributed by atoms with Gasteiger partial charge < -0.3 is 14.5 Å². The molecule has 0 unspecified atom stereocenters. The molecule has 1 aromatic carbocycles. The van der Waals surface area contributed by atoms with Crippen LogP contribution in [-0.4, -0.2) is 54.4 Å².